The fourth-order valence-corrected chi connectivity index (χ4v) is 2.47. The Bertz CT molecular complexity index is 643. The maximum absolute atomic E-state index is 12.1. The molecule has 21 heavy (non-hydrogen) atoms. The van der Waals surface area contributed by atoms with Crippen LogP contribution in [0, 0.1) is 12.1 Å². The predicted molar refractivity (Wildman–Crippen MR) is 88.1 cm³/mol. The fourth-order valence-electron chi connectivity index (χ4n) is 1.62. The highest BCUT2D eigenvalue weighted by Gasteiger charge is 2.19. The molecule has 0 unspecified atom stereocenters. The molecular formula is C17H20N2OS. The van der Waals surface area contributed by atoms with Gasteiger partial charge in [0, 0.05) is 31.9 Å². The molecule has 3 nitrogen and oxygen atoms in total. The largest absolute Gasteiger partial charge is 0.623 e. The molecule has 0 aliphatic heterocycles. The molecule has 0 radical (unpaired) electrons. The van der Waals surface area contributed by atoms with Crippen LogP contribution in [0.15, 0.2) is 52.5 Å². The van der Waals surface area contributed by atoms with Crippen LogP contribution >= 0.6 is 11.8 Å². The third-order valence-electron chi connectivity index (χ3n) is 2.95. The van der Waals surface area contributed by atoms with Crippen LogP contribution in [0.1, 0.15) is 31.9 Å². The molecule has 0 saturated heterocycles. The van der Waals surface area contributed by atoms with E-state index in [-0.39, 0.29) is 0 Å². The van der Waals surface area contributed by atoms with Gasteiger partial charge in [-0.15, -0.1) is 0 Å². The van der Waals surface area contributed by atoms with E-state index in [9.17, 15) is 5.21 Å². The zero-order valence-electron chi connectivity index (χ0n) is 12.8. The topological polar surface area (TPSA) is 39.0 Å². The first kappa shape index (κ1) is 15.6. The molecule has 1 heterocycles. The predicted octanol–water partition coefficient (Wildman–Crippen LogP) is 4.27. The van der Waals surface area contributed by atoms with Crippen LogP contribution in [0.4, 0.5) is 0 Å². The lowest BCUT2D eigenvalue weighted by Gasteiger charge is -2.18. The summed E-state index contributed by atoms with van der Waals surface area (Å²) < 4.78 is 0.975. The number of pyridine rings is 1. The van der Waals surface area contributed by atoms with E-state index in [4.69, 9.17) is 0 Å². The molecule has 2 rings (SSSR count). The van der Waals surface area contributed by atoms with Gasteiger partial charge in [-0.2, -0.15) is 0 Å². The van der Waals surface area contributed by atoms with Crippen molar-refractivity contribution >= 4 is 18.0 Å². The van der Waals surface area contributed by atoms with Gasteiger partial charge in [0.15, 0.2) is 11.8 Å². The Morgan fingerprint density at radius 3 is 2.43 bits per heavy atom. The minimum Gasteiger partial charge on any atom is -0.623 e. The van der Waals surface area contributed by atoms with E-state index in [0.717, 1.165) is 20.2 Å². The minimum absolute atomic E-state index is 0.457. The SMILES string of the molecule is Cc1ccc(Sc2ncccc2C=[N+]([O-])C(C)(C)C)cc1. The summed E-state index contributed by atoms with van der Waals surface area (Å²) in [6, 6.07) is 12.0. The summed E-state index contributed by atoms with van der Waals surface area (Å²) in [6.45, 7) is 7.73. The van der Waals surface area contributed by atoms with E-state index in [1.807, 2.05) is 32.9 Å². The summed E-state index contributed by atoms with van der Waals surface area (Å²) in [5.41, 5.74) is 1.61. The summed E-state index contributed by atoms with van der Waals surface area (Å²) in [5.74, 6) is 0. The quantitative estimate of drug-likeness (QED) is 0.368. The van der Waals surface area contributed by atoms with E-state index >= 15 is 0 Å². The zero-order valence-corrected chi connectivity index (χ0v) is 13.6. The van der Waals surface area contributed by atoms with Gasteiger partial charge < -0.3 is 5.21 Å². The number of aryl methyl sites for hydroxylation is 1. The molecule has 0 aliphatic carbocycles. The van der Waals surface area contributed by atoms with Crippen molar-refractivity contribution in [3.05, 3.63) is 58.9 Å². The smallest absolute Gasteiger partial charge is 0.185 e. The first-order chi connectivity index (χ1) is 9.86. The number of benzene rings is 1. The molecule has 0 spiro atoms. The molecule has 0 fully saturated rings. The van der Waals surface area contributed by atoms with Gasteiger partial charge in [-0.1, -0.05) is 29.5 Å². The van der Waals surface area contributed by atoms with Crippen molar-refractivity contribution in [3.8, 4) is 0 Å². The molecule has 1 aromatic heterocycles. The second-order valence-electron chi connectivity index (χ2n) is 5.94. The number of aromatic nitrogens is 1. The van der Waals surface area contributed by atoms with Gasteiger partial charge >= 0.3 is 0 Å². The minimum atomic E-state index is -0.457. The van der Waals surface area contributed by atoms with Gasteiger partial charge in [0.2, 0.25) is 0 Å². The Morgan fingerprint density at radius 1 is 1.14 bits per heavy atom. The molecule has 110 valence electrons. The molecule has 0 bridgehead atoms. The highest BCUT2D eigenvalue weighted by atomic mass is 32.2. The lowest BCUT2D eigenvalue weighted by atomic mass is 10.1. The molecule has 0 N–H and O–H groups in total. The number of hydroxylamine groups is 1. The standard InChI is InChI=1S/C17H20N2OS/c1-13-7-9-15(10-8-13)21-16-14(6-5-11-18-16)12-19(20)17(2,3)4/h5-12H,1-4H3. The maximum Gasteiger partial charge on any atom is 0.185 e. The summed E-state index contributed by atoms with van der Waals surface area (Å²) in [6.07, 6.45) is 3.36. The number of hydrogen-bond donors (Lipinski definition) is 0. The molecule has 2 aromatic rings. The molecule has 1 aromatic carbocycles. The Labute approximate surface area is 130 Å². The van der Waals surface area contributed by atoms with Crippen molar-refractivity contribution in [2.75, 3.05) is 0 Å². The monoisotopic (exact) mass is 300 g/mol. The third kappa shape index (κ3) is 4.33. The van der Waals surface area contributed by atoms with Crippen molar-refractivity contribution in [1.29, 1.82) is 0 Å². The van der Waals surface area contributed by atoms with Crippen LogP contribution in [0.2, 0.25) is 0 Å². The summed E-state index contributed by atoms with van der Waals surface area (Å²) in [7, 11) is 0. The molecule has 0 amide bonds. The highest BCUT2D eigenvalue weighted by Crippen LogP contribution is 2.28. The van der Waals surface area contributed by atoms with E-state index in [0.29, 0.717) is 0 Å². The van der Waals surface area contributed by atoms with Gasteiger partial charge in [0.05, 0.1) is 5.56 Å². The fraction of sp³-hybridized carbons (Fsp3) is 0.294. The first-order valence-corrected chi connectivity index (χ1v) is 7.69. The normalized spacial score (nSPS) is 12.5. The zero-order chi connectivity index (χ0) is 15.5. The van der Waals surface area contributed by atoms with Gasteiger partial charge in [-0.3, -0.25) is 0 Å². The first-order valence-electron chi connectivity index (χ1n) is 6.87. The molecule has 0 aliphatic rings. The number of hydrogen-bond acceptors (Lipinski definition) is 3. The van der Waals surface area contributed by atoms with Crippen molar-refractivity contribution < 1.29 is 4.74 Å². The van der Waals surface area contributed by atoms with Gasteiger partial charge in [-0.05, 0) is 31.2 Å². The van der Waals surface area contributed by atoms with Crippen molar-refractivity contribution in [2.45, 2.75) is 43.2 Å². The average molecular weight is 300 g/mol. The van der Waals surface area contributed by atoms with Crippen molar-refractivity contribution in [2.24, 2.45) is 0 Å². The Balaban J connectivity index is 2.31. The second-order valence-corrected chi connectivity index (χ2v) is 7.00. The third-order valence-corrected chi connectivity index (χ3v) is 4.00. The molecule has 4 heteroatoms. The Hall–Kier alpha value is -1.81. The van der Waals surface area contributed by atoms with Crippen LogP contribution in [0.25, 0.3) is 0 Å². The highest BCUT2D eigenvalue weighted by molar-refractivity contribution is 7.99. The number of rotatable bonds is 3. The van der Waals surface area contributed by atoms with Crippen LogP contribution in [0.5, 0.6) is 0 Å². The van der Waals surface area contributed by atoms with Crippen molar-refractivity contribution in [1.82, 2.24) is 4.98 Å². The summed E-state index contributed by atoms with van der Waals surface area (Å²) in [5, 5.41) is 12.9. The van der Waals surface area contributed by atoms with Crippen LogP contribution in [-0.4, -0.2) is 21.5 Å². The van der Waals surface area contributed by atoms with E-state index in [1.54, 1.807) is 24.2 Å². The maximum atomic E-state index is 12.1. The van der Waals surface area contributed by atoms with E-state index < -0.39 is 5.54 Å². The lowest BCUT2D eigenvalue weighted by Crippen LogP contribution is -2.29. The molecular weight excluding hydrogens is 280 g/mol. The molecule has 0 saturated carbocycles. The van der Waals surface area contributed by atoms with Gasteiger partial charge in [0.1, 0.15) is 5.03 Å². The van der Waals surface area contributed by atoms with E-state index in [1.165, 1.54) is 5.56 Å². The average Bonchev–Trinajstić information content (AvgIpc) is 2.42. The van der Waals surface area contributed by atoms with Crippen LogP contribution in [0.3, 0.4) is 0 Å². The Kier molecular flexibility index (Phi) is 4.68. The number of nitrogens with zero attached hydrogens (tertiary/aromatic N) is 2. The summed E-state index contributed by atoms with van der Waals surface area (Å²) >= 11 is 1.57. The van der Waals surface area contributed by atoms with E-state index in [2.05, 4.69) is 36.2 Å². The Morgan fingerprint density at radius 2 is 1.81 bits per heavy atom. The second kappa shape index (κ2) is 6.31. The van der Waals surface area contributed by atoms with Crippen LogP contribution < -0.4 is 0 Å². The summed E-state index contributed by atoms with van der Waals surface area (Å²) in [4.78, 5) is 5.51. The van der Waals surface area contributed by atoms with Crippen LogP contribution in [-0.2, 0) is 0 Å². The van der Waals surface area contributed by atoms with Gasteiger partial charge in [0.25, 0.3) is 0 Å². The lowest BCUT2D eigenvalue weighted by molar-refractivity contribution is -0.530. The van der Waals surface area contributed by atoms with Crippen molar-refractivity contribution in [3.63, 3.8) is 0 Å². The molecule has 0 atom stereocenters. The van der Waals surface area contributed by atoms with Gasteiger partial charge in [-0.25, -0.2) is 9.72 Å².